The van der Waals surface area contributed by atoms with E-state index in [0.29, 0.717) is 0 Å². The highest BCUT2D eigenvalue weighted by molar-refractivity contribution is 7.92. The third kappa shape index (κ3) is 3.69. The van der Waals surface area contributed by atoms with E-state index in [9.17, 15) is 17.6 Å². The first-order valence-electron chi connectivity index (χ1n) is 5.29. The predicted molar refractivity (Wildman–Crippen MR) is 66.1 cm³/mol. The maximum absolute atomic E-state index is 12.8. The zero-order chi connectivity index (χ0) is 13.9. The van der Waals surface area contributed by atoms with Gasteiger partial charge in [-0.1, -0.05) is 0 Å². The molecule has 0 radical (unpaired) electrons. The largest absolute Gasteiger partial charge is 0.398 e. The minimum atomic E-state index is -3.86. The topological polar surface area (TPSA) is 89.3 Å². The minimum absolute atomic E-state index is 0.154. The van der Waals surface area contributed by atoms with Crippen LogP contribution in [0.2, 0.25) is 0 Å². The van der Waals surface area contributed by atoms with Crippen LogP contribution in [0.5, 0.6) is 0 Å². The highest BCUT2D eigenvalue weighted by Gasteiger charge is 2.22. The molecule has 0 unspecified atom stereocenters. The number of nitrogen functional groups attached to an aromatic ring is 1. The van der Waals surface area contributed by atoms with E-state index in [1.807, 2.05) is 0 Å². The summed E-state index contributed by atoms with van der Waals surface area (Å²) < 4.78 is 36.6. The summed E-state index contributed by atoms with van der Waals surface area (Å²) in [5.74, 6) is -1.95. The molecule has 0 saturated heterocycles. The number of sulfone groups is 1. The third-order valence-electron chi connectivity index (χ3n) is 2.08. The van der Waals surface area contributed by atoms with Crippen molar-refractivity contribution in [2.45, 2.75) is 24.8 Å². The van der Waals surface area contributed by atoms with Gasteiger partial charge in [-0.05, 0) is 32.0 Å². The van der Waals surface area contributed by atoms with Crippen molar-refractivity contribution in [2.75, 3.05) is 11.5 Å². The summed E-state index contributed by atoms with van der Waals surface area (Å²) in [7, 11) is -3.86. The standard InChI is InChI=1S/C11H15FN2O3S/c1-7(2)14-11(15)6-18(16,17)10-4-3-8(12)5-9(10)13/h3-5,7H,6,13H2,1-2H3,(H,14,15). The number of benzene rings is 1. The SMILES string of the molecule is CC(C)NC(=O)CS(=O)(=O)c1ccc(F)cc1N. The lowest BCUT2D eigenvalue weighted by Crippen LogP contribution is -2.35. The average molecular weight is 274 g/mol. The van der Waals surface area contributed by atoms with Crippen molar-refractivity contribution in [1.82, 2.24) is 5.32 Å². The summed E-state index contributed by atoms with van der Waals surface area (Å²) >= 11 is 0. The Morgan fingerprint density at radius 3 is 2.56 bits per heavy atom. The molecule has 0 bridgehead atoms. The molecule has 0 aliphatic carbocycles. The van der Waals surface area contributed by atoms with Gasteiger partial charge in [-0.3, -0.25) is 4.79 Å². The molecular formula is C11H15FN2O3S. The third-order valence-corrected chi connectivity index (χ3v) is 3.76. The fourth-order valence-electron chi connectivity index (χ4n) is 1.42. The van der Waals surface area contributed by atoms with E-state index in [2.05, 4.69) is 5.32 Å². The second kappa shape index (κ2) is 5.34. The zero-order valence-corrected chi connectivity index (χ0v) is 10.9. The van der Waals surface area contributed by atoms with Crippen LogP contribution in [0.4, 0.5) is 10.1 Å². The molecule has 7 heteroatoms. The van der Waals surface area contributed by atoms with Crippen molar-refractivity contribution in [3.63, 3.8) is 0 Å². The van der Waals surface area contributed by atoms with Crippen molar-refractivity contribution in [3.05, 3.63) is 24.0 Å². The van der Waals surface area contributed by atoms with E-state index in [1.54, 1.807) is 13.8 Å². The highest BCUT2D eigenvalue weighted by Crippen LogP contribution is 2.20. The molecule has 0 atom stereocenters. The number of hydrogen-bond acceptors (Lipinski definition) is 4. The Bertz CT molecular complexity index is 555. The molecule has 0 aromatic heterocycles. The molecule has 1 aromatic carbocycles. The van der Waals surface area contributed by atoms with Crippen LogP contribution in [0.1, 0.15) is 13.8 Å². The molecule has 0 saturated carbocycles. The molecular weight excluding hydrogens is 259 g/mol. The van der Waals surface area contributed by atoms with Crippen LogP contribution in [0.3, 0.4) is 0 Å². The molecule has 0 spiro atoms. The first-order chi connectivity index (χ1) is 8.22. The van der Waals surface area contributed by atoms with Gasteiger partial charge in [0.05, 0.1) is 10.6 Å². The van der Waals surface area contributed by atoms with Crippen LogP contribution < -0.4 is 11.1 Å². The molecule has 18 heavy (non-hydrogen) atoms. The Balaban J connectivity index is 2.97. The van der Waals surface area contributed by atoms with E-state index in [-0.39, 0.29) is 16.6 Å². The maximum atomic E-state index is 12.8. The number of amides is 1. The lowest BCUT2D eigenvalue weighted by atomic mass is 10.3. The van der Waals surface area contributed by atoms with Crippen LogP contribution in [-0.2, 0) is 14.6 Å². The van der Waals surface area contributed by atoms with Gasteiger partial charge in [-0.25, -0.2) is 12.8 Å². The smallest absolute Gasteiger partial charge is 0.235 e. The molecule has 5 nitrogen and oxygen atoms in total. The Labute approximate surface area is 105 Å². The van der Waals surface area contributed by atoms with Gasteiger partial charge in [0.25, 0.3) is 0 Å². The van der Waals surface area contributed by atoms with Gasteiger partial charge in [0.15, 0.2) is 9.84 Å². The van der Waals surface area contributed by atoms with Gasteiger partial charge in [0, 0.05) is 6.04 Å². The molecule has 100 valence electrons. The number of nitrogens with two attached hydrogens (primary N) is 1. The van der Waals surface area contributed by atoms with Crippen LogP contribution in [-0.4, -0.2) is 26.1 Å². The van der Waals surface area contributed by atoms with Crippen LogP contribution >= 0.6 is 0 Å². The molecule has 1 amide bonds. The molecule has 0 aliphatic heterocycles. The molecule has 0 fully saturated rings. The van der Waals surface area contributed by atoms with E-state index in [0.717, 1.165) is 18.2 Å². The molecule has 0 heterocycles. The van der Waals surface area contributed by atoms with Gasteiger partial charge in [0.2, 0.25) is 5.91 Å². The van der Waals surface area contributed by atoms with Crippen LogP contribution in [0.15, 0.2) is 23.1 Å². The van der Waals surface area contributed by atoms with Crippen molar-refractivity contribution in [1.29, 1.82) is 0 Å². The molecule has 1 aromatic rings. The number of halogens is 1. The van der Waals surface area contributed by atoms with Crippen LogP contribution in [0.25, 0.3) is 0 Å². The fourth-order valence-corrected chi connectivity index (χ4v) is 2.69. The van der Waals surface area contributed by atoms with E-state index in [1.165, 1.54) is 0 Å². The van der Waals surface area contributed by atoms with Crippen LogP contribution in [0, 0.1) is 5.82 Å². The highest BCUT2D eigenvalue weighted by atomic mass is 32.2. The van der Waals surface area contributed by atoms with Crippen molar-refractivity contribution < 1.29 is 17.6 Å². The normalized spacial score (nSPS) is 11.6. The first-order valence-corrected chi connectivity index (χ1v) is 6.95. The van der Waals surface area contributed by atoms with Gasteiger partial charge < -0.3 is 11.1 Å². The lowest BCUT2D eigenvalue weighted by molar-refractivity contribution is -0.119. The number of rotatable bonds is 4. The van der Waals surface area contributed by atoms with Gasteiger partial charge >= 0.3 is 0 Å². The molecule has 1 rings (SSSR count). The van der Waals surface area contributed by atoms with Crippen molar-refractivity contribution in [2.24, 2.45) is 0 Å². The lowest BCUT2D eigenvalue weighted by Gasteiger charge is -2.10. The van der Waals surface area contributed by atoms with Crippen molar-refractivity contribution >= 4 is 21.4 Å². The predicted octanol–water partition coefficient (Wildman–Crippen LogP) is 0.706. The fraction of sp³-hybridized carbons (Fsp3) is 0.364. The Kier molecular flexibility index (Phi) is 4.28. The summed E-state index contributed by atoms with van der Waals surface area (Å²) in [4.78, 5) is 11.2. The van der Waals surface area contributed by atoms with Gasteiger partial charge in [-0.2, -0.15) is 0 Å². The number of carbonyl (C=O) groups excluding carboxylic acids is 1. The number of anilines is 1. The number of carbonyl (C=O) groups is 1. The molecule has 3 N–H and O–H groups in total. The first kappa shape index (κ1) is 14.4. The van der Waals surface area contributed by atoms with Gasteiger partial charge in [-0.15, -0.1) is 0 Å². The summed E-state index contributed by atoms with van der Waals surface area (Å²) in [5, 5.41) is 2.47. The Hall–Kier alpha value is -1.63. The maximum Gasteiger partial charge on any atom is 0.235 e. The quantitative estimate of drug-likeness (QED) is 0.625. The summed E-state index contributed by atoms with van der Waals surface area (Å²) in [6.45, 7) is 3.44. The summed E-state index contributed by atoms with van der Waals surface area (Å²) in [6, 6.07) is 2.80. The zero-order valence-electron chi connectivity index (χ0n) is 10.1. The van der Waals surface area contributed by atoms with E-state index in [4.69, 9.17) is 5.73 Å². The Morgan fingerprint density at radius 1 is 1.44 bits per heavy atom. The second-order valence-electron chi connectivity index (χ2n) is 4.16. The monoisotopic (exact) mass is 274 g/mol. The minimum Gasteiger partial charge on any atom is -0.398 e. The molecule has 0 aliphatic rings. The van der Waals surface area contributed by atoms with E-state index >= 15 is 0 Å². The summed E-state index contributed by atoms with van der Waals surface area (Å²) in [6.07, 6.45) is 0. The summed E-state index contributed by atoms with van der Waals surface area (Å²) in [5.41, 5.74) is 5.23. The van der Waals surface area contributed by atoms with Crippen molar-refractivity contribution in [3.8, 4) is 0 Å². The van der Waals surface area contributed by atoms with Gasteiger partial charge in [0.1, 0.15) is 11.6 Å². The number of nitrogens with one attached hydrogen (secondary N) is 1. The second-order valence-corrected chi connectivity index (χ2v) is 6.12. The average Bonchev–Trinajstić information content (AvgIpc) is 2.13. The number of hydrogen-bond donors (Lipinski definition) is 2. The Morgan fingerprint density at radius 2 is 2.06 bits per heavy atom. The van der Waals surface area contributed by atoms with E-state index < -0.39 is 27.3 Å².